The van der Waals surface area contributed by atoms with Crippen LogP contribution in [0.3, 0.4) is 0 Å². The molecule has 0 bridgehead atoms. The van der Waals surface area contributed by atoms with Crippen molar-refractivity contribution in [2.75, 3.05) is 20.8 Å². The molecule has 1 heterocycles. The number of likely N-dealkylation sites (N-methyl/N-ethyl adjacent to an activating group) is 1. The number of allylic oxidation sites excluding steroid dienone is 1. The maximum absolute atomic E-state index is 5.76. The lowest BCUT2D eigenvalue weighted by atomic mass is 9.86. The van der Waals surface area contributed by atoms with Gasteiger partial charge in [0, 0.05) is 7.11 Å². The summed E-state index contributed by atoms with van der Waals surface area (Å²) in [6.07, 6.45) is 6.39. The number of ether oxygens (including phenoxy) is 2. The number of nitrogens with one attached hydrogen (secondary N) is 1. The molecule has 1 aliphatic rings. The van der Waals surface area contributed by atoms with E-state index in [2.05, 4.69) is 25.2 Å². The molecule has 3 heteroatoms. The van der Waals surface area contributed by atoms with Gasteiger partial charge in [0.2, 0.25) is 0 Å². The highest BCUT2D eigenvalue weighted by Crippen LogP contribution is 2.30. The third-order valence-corrected chi connectivity index (χ3v) is 3.67. The van der Waals surface area contributed by atoms with E-state index in [0.29, 0.717) is 0 Å². The van der Waals surface area contributed by atoms with Crippen molar-refractivity contribution in [3.63, 3.8) is 0 Å². The molecule has 0 aromatic carbocycles. The van der Waals surface area contributed by atoms with Gasteiger partial charge < -0.3 is 14.8 Å². The van der Waals surface area contributed by atoms with Gasteiger partial charge in [-0.25, -0.2) is 0 Å². The summed E-state index contributed by atoms with van der Waals surface area (Å²) in [6, 6.07) is 0.160. The summed E-state index contributed by atoms with van der Waals surface area (Å²) in [5.41, 5.74) is -0.155. The van der Waals surface area contributed by atoms with Crippen LogP contribution in [0.4, 0.5) is 0 Å². The minimum Gasteiger partial charge on any atom is -0.496 e. The van der Waals surface area contributed by atoms with E-state index >= 15 is 0 Å². The van der Waals surface area contributed by atoms with E-state index < -0.39 is 0 Å². The van der Waals surface area contributed by atoms with Crippen LogP contribution in [0.25, 0.3) is 0 Å². The van der Waals surface area contributed by atoms with Crippen molar-refractivity contribution in [1.29, 1.82) is 0 Å². The Morgan fingerprint density at radius 2 is 2.19 bits per heavy atom. The second-order valence-electron chi connectivity index (χ2n) is 4.29. The summed E-state index contributed by atoms with van der Waals surface area (Å²) in [5.74, 6) is 1.05. The lowest BCUT2D eigenvalue weighted by Gasteiger charge is -2.39. The lowest BCUT2D eigenvalue weighted by molar-refractivity contribution is -0.0508. The van der Waals surface area contributed by atoms with Gasteiger partial charge in [0.25, 0.3) is 0 Å². The van der Waals surface area contributed by atoms with Gasteiger partial charge in [0.15, 0.2) is 0 Å². The number of hydrogen-bond donors (Lipinski definition) is 1. The van der Waals surface area contributed by atoms with Crippen LogP contribution >= 0.6 is 0 Å². The summed E-state index contributed by atoms with van der Waals surface area (Å²) in [7, 11) is 3.77. The van der Waals surface area contributed by atoms with Crippen LogP contribution in [-0.2, 0) is 9.47 Å². The first-order valence-corrected chi connectivity index (χ1v) is 6.29. The second kappa shape index (κ2) is 6.26. The molecular weight excluding hydrogens is 202 g/mol. The van der Waals surface area contributed by atoms with Crippen LogP contribution < -0.4 is 5.32 Å². The van der Waals surface area contributed by atoms with Crippen LogP contribution in [0.1, 0.15) is 39.5 Å². The predicted molar refractivity (Wildman–Crippen MR) is 66.4 cm³/mol. The highest BCUT2D eigenvalue weighted by Gasteiger charge is 2.38. The first-order chi connectivity index (χ1) is 7.74. The van der Waals surface area contributed by atoms with E-state index in [1.807, 2.05) is 7.05 Å². The zero-order chi connectivity index (χ0) is 12.0. The molecule has 94 valence electrons. The summed E-state index contributed by atoms with van der Waals surface area (Å²) in [4.78, 5) is 0. The fourth-order valence-corrected chi connectivity index (χ4v) is 2.51. The molecule has 0 saturated heterocycles. The molecule has 0 spiro atoms. The standard InChI is InChI=1S/C13H25NO2/c1-5-13(6-2,15-4)12(14-3)11-9-7-8-10-16-11/h9,12,14H,5-8,10H2,1-4H3. The van der Waals surface area contributed by atoms with E-state index in [0.717, 1.165) is 38.0 Å². The van der Waals surface area contributed by atoms with Gasteiger partial charge in [0.05, 0.1) is 18.2 Å². The molecule has 1 atom stereocenters. The Kier molecular flexibility index (Phi) is 5.29. The Morgan fingerprint density at radius 1 is 1.50 bits per heavy atom. The minimum atomic E-state index is -0.155. The fraction of sp³-hybridized carbons (Fsp3) is 0.846. The fourth-order valence-electron chi connectivity index (χ4n) is 2.51. The van der Waals surface area contributed by atoms with Gasteiger partial charge in [-0.3, -0.25) is 0 Å². The maximum atomic E-state index is 5.76. The lowest BCUT2D eigenvalue weighted by Crippen LogP contribution is -2.52. The van der Waals surface area contributed by atoms with Crippen LogP contribution in [0.2, 0.25) is 0 Å². The summed E-state index contributed by atoms with van der Waals surface area (Å²) >= 11 is 0. The molecule has 0 amide bonds. The topological polar surface area (TPSA) is 30.5 Å². The predicted octanol–water partition coefficient (Wildman–Crippen LogP) is 2.47. The Morgan fingerprint density at radius 3 is 2.56 bits per heavy atom. The van der Waals surface area contributed by atoms with Crippen LogP contribution in [0.15, 0.2) is 11.8 Å². The molecular formula is C13H25NO2. The molecule has 1 unspecified atom stereocenters. The molecule has 1 rings (SSSR count). The average Bonchev–Trinajstić information content (AvgIpc) is 2.37. The Hall–Kier alpha value is -0.540. The van der Waals surface area contributed by atoms with E-state index in [4.69, 9.17) is 9.47 Å². The van der Waals surface area contributed by atoms with Gasteiger partial charge in [-0.2, -0.15) is 0 Å². The van der Waals surface area contributed by atoms with Crippen molar-refractivity contribution in [3.05, 3.63) is 11.8 Å². The van der Waals surface area contributed by atoms with Crippen LogP contribution in [-0.4, -0.2) is 32.4 Å². The van der Waals surface area contributed by atoms with Gasteiger partial charge in [0.1, 0.15) is 5.76 Å². The molecule has 0 fully saturated rings. The molecule has 0 radical (unpaired) electrons. The molecule has 16 heavy (non-hydrogen) atoms. The highest BCUT2D eigenvalue weighted by atomic mass is 16.5. The largest absolute Gasteiger partial charge is 0.496 e. The molecule has 0 saturated carbocycles. The first kappa shape index (κ1) is 13.5. The van der Waals surface area contributed by atoms with Gasteiger partial charge in [-0.15, -0.1) is 0 Å². The Bertz CT molecular complexity index is 226. The van der Waals surface area contributed by atoms with Crippen molar-refractivity contribution in [2.45, 2.75) is 51.2 Å². The molecule has 0 aromatic heterocycles. The van der Waals surface area contributed by atoms with Gasteiger partial charge >= 0.3 is 0 Å². The monoisotopic (exact) mass is 227 g/mol. The third kappa shape index (κ3) is 2.58. The van der Waals surface area contributed by atoms with Gasteiger partial charge in [-0.1, -0.05) is 13.8 Å². The molecule has 0 aromatic rings. The van der Waals surface area contributed by atoms with E-state index in [1.54, 1.807) is 7.11 Å². The molecule has 1 aliphatic heterocycles. The second-order valence-corrected chi connectivity index (χ2v) is 4.29. The SMILES string of the molecule is CCC(CC)(OC)C(NC)C1=CCCCO1. The van der Waals surface area contributed by atoms with Crippen molar-refractivity contribution in [3.8, 4) is 0 Å². The highest BCUT2D eigenvalue weighted by molar-refractivity contribution is 5.13. The number of rotatable bonds is 6. The number of hydrogen-bond acceptors (Lipinski definition) is 3. The minimum absolute atomic E-state index is 0.155. The van der Waals surface area contributed by atoms with Crippen molar-refractivity contribution in [2.24, 2.45) is 0 Å². The zero-order valence-electron chi connectivity index (χ0n) is 11.0. The first-order valence-electron chi connectivity index (χ1n) is 6.29. The van der Waals surface area contributed by atoms with Crippen LogP contribution in [0.5, 0.6) is 0 Å². The summed E-state index contributed by atoms with van der Waals surface area (Å²) < 4.78 is 11.5. The van der Waals surface area contributed by atoms with Gasteiger partial charge in [-0.05, 0) is 38.8 Å². The smallest absolute Gasteiger partial charge is 0.112 e. The molecule has 1 N–H and O–H groups in total. The zero-order valence-corrected chi connectivity index (χ0v) is 11.0. The van der Waals surface area contributed by atoms with E-state index in [9.17, 15) is 0 Å². The molecule has 3 nitrogen and oxygen atoms in total. The summed E-state index contributed by atoms with van der Waals surface area (Å²) in [6.45, 7) is 5.17. The summed E-state index contributed by atoms with van der Waals surface area (Å²) in [5, 5.41) is 3.35. The Labute approximate surface area is 99.2 Å². The van der Waals surface area contributed by atoms with Crippen molar-refractivity contribution in [1.82, 2.24) is 5.32 Å². The van der Waals surface area contributed by atoms with Crippen molar-refractivity contribution < 1.29 is 9.47 Å². The number of methoxy groups -OCH3 is 1. The van der Waals surface area contributed by atoms with Crippen molar-refractivity contribution >= 4 is 0 Å². The average molecular weight is 227 g/mol. The van der Waals surface area contributed by atoms with Crippen LogP contribution in [0, 0.1) is 0 Å². The molecule has 0 aliphatic carbocycles. The maximum Gasteiger partial charge on any atom is 0.112 e. The van der Waals surface area contributed by atoms with E-state index in [1.165, 1.54) is 0 Å². The van der Waals surface area contributed by atoms with E-state index in [-0.39, 0.29) is 11.6 Å². The normalized spacial score (nSPS) is 18.9. The Balaban J connectivity index is 2.89. The third-order valence-electron chi connectivity index (χ3n) is 3.67. The quantitative estimate of drug-likeness (QED) is 0.756.